The van der Waals surface area contributed by atoms with Gasteiger partial charge in [0.1, 0.15) is 5.75 Å². The number of aromatic nitrogens is 1. The van der Waals surface area contributed by atoms with E-state index in [0.717, 1.165) is 36.0 Å². The van der Waals surface area contributed by atoms with Crippen LogP contribution < -0.4 is 0 Å². The second-order valence-corrected chi connectivity index (χ2v) is 5.40. The summed E-state index contributed by atoms with van der Waals surface area (Å²) in [5, 5.41) is 10.4. The fourth-order valence-electron chi connectivity index (χ4n) is 3.06. The Morgan fingerprint density at radius 2 is 2.33 bits per heavy atom. The van der Waals surface area contributed by atoms with Gasteiger partial charge in [-0.25, -0.2) is 4.79 Å². The number of ether oxygens (including phenoxy) is 2. The zero-order chi connectivity index (χ0) is 15.0. The Hall–Kier alpha value is -2.01. The topological polar surface area (TPSA) is 60.7 Å². The van der Waals surface area contributed by atoms with Crippen molar-refractivity contribution in [1.29, 1.82) is 0 Å². The van der Waals surface area contributed by atoms with Gasteiger partial charge >= 0.3 is 5.97 Å². The number of carbonyl (C=O) groups excluding carboxylic acids is 1. The second-order valence-electron chi connectivity index (χ2n) is 5.40. The summed E-state index contributed by atoms with van der Waals surface area (Å²) in [6.07, 6.45) is 2.29. The van der Waals surface area contributed by atoms with Gasteiger partial charge in [-0.05, 0) is 38.0 Å². The number of hydrogen-bond donors (Lipinski definition) is 1. The van der Waals surface area contributed by atoms with Crippen LogP contribution in [0.1, 0.15) is 28.9 Å². The first-order valence-corrected chi connectivity index (χ1v) is 7.13. The van der Waals surface area contributed by atoms with Gasteiger partial charge in [-0.1, -0.05) is 0 Å². The molecule has 0 spiro atoms. The van der Waals surface area contributed by atoms with Gasteiger partial charge in [-0.3, -0.25) is 0 Å². The predicted molar refractivity (Wildman–Crippen MR) is 78.7 cm³/mol. The molecule has 112 valence electrons. The number of benzene rings is 1. The summed E-state index contributed by atoms with van der Waals surface area (Å²) in [6, 6.07) is 5.08. The molecule has 0 unspecified atom stereocenters. The van der Waals surface area contributed by atoms with Crippen LogP contribution in [0.25, 0.3) is 10.9 Å². The van der Waals surface area contributed by atoms with Gasteiger partial charge in [0.05, 0.1) is 18.8 Å². The standard InChI is InChI=1S/C16H19NO4/c1-10-15(16(19)20-2)13-8-11(18)5-6-14(13)17(10)9-12-4-3-7-21-12/h5-6,8,12,18H,3-4,7,9H2,1-2H3/t12-/m0/s1. The molecule has 21 heavy (non-hydrogen) atoms. The molecule has 0 radical (unpaired) electrons. The minimum absolute atomic E-state index is 0.141. The summed E-state index contributed by atoms with van der Waals surface area (Å²) in [5.41, 5.74) is 2.28. The molecule has 5 heteroatoms. The van der Waals surface area contributed by atoms with Crippen molar-refractivity contribution >= 4 is 16.9 Å². The first-order valence-electron chi connectivity index (χ1n) is 7.13. The molecule has 1 saturated heterocycles. The quantitative estimate of drug-likeness (QED) is 0.882. The third kappa shape index (κ3) is 2.38. The molecule has 0 bridgehead atoms. The molecule has 0 saturated carbocycles. The highest BCUT2D eigenvalue weighted by Gasteiger charge is 2.24. The molecule has 1 aromatic carbocycles. The summed E-state index contributed by atoms with van der Waals surface area (Å²) in [4.78, 5) is 12.1. The van der Waals surface area contributed by atoms with E-state index < -0.39 is 0 Å². The van der Waals surface area contributed by atoms with Crippen LogP contribution in [0.2, 0.25) is 0 Å². The van der Waals surface area contributed by atoms with Gasteiger partial charge in [-0.2, -0.15) is 0 Å². The molecule has 1 aliphatic heterocycles. The van der Waals surface area contributed by atoms with Crippen molar-refractivity contribution in [2.45, 2.75) is 32.4 Å². The lowest BCUT2D eigenvalue weighted by atomic mass is 10.1. The smallest absolute Gasteiger partial charge is 0.340 e. The molecule has 1 atom stereocenters. The first-order chi connectivity index (χ1) is 10.1. The van der Waals surface area contributed by atoms with Crippen LogP contribution in [0.4, 0.5) is 0 Å². The number of phenols is 1. The Morgan fingerprint density at radius 1 is 1.52 bits per heavy atom. The van der Waals surface area contributed by atoms with Crippen molar-refractivity contribution < 1.29 is 19.4 Å². The number of phenolic OH excluding ortho intramolecular Hbond substituents is 1. The van der Waals surface area contributed by atoms with Crippen molar-refractivity contribution in [2.75, 3.05) is 13.7 Å². The fourth-order valence-corrected chi connectivity index (χ4v) is 3.06. The molecule has 1 N–H and O–H groups in total. The maximum Gasteiger partial charge on any atom is 0.340 e. The van der Waals surface area contributed by atoms with Crippen molar-refractivity contribution in [3.63, 3.8) is 0 Å². The number of esters is 1. The summed E-state index contributed by atoms with van der Waals surface area (Å²) >= 11 is 0. The molecule has 5 nitrogen and oxygen atoms in total. The zero-order valence-corrected chi connectivity index (χ0v) is 12.3. The van der Waals surface area contributed by atoms with Crippen LogP contribution in [0, 0.1) is 6.92 Å². The third-order valence-corrected chi connectivity index (χ3v) is 4.11. The van der Waals surface area contributed by atoms with Crippen LogP contribution in [0.5, 0.6) is 5.75 Å². The Balaban J connectivity index is 2.14. The summed E-state index contributed by atoms with van der Waals surface area (Å²) < 4.78 is 12.7. The van der Waals surface area contributed by atoms with Gasteiger partial charge in [0.15, 0.2) is 0 Å². The normalized spacial score (nSPS) is 18.3. The number of methoxy groups -OCH3 is 1. The minimum Gasteiger partial charge on any atom is -0.508 e. The first kappa shape index (κ1) is 13.9. The highest BCUT2D eigenvalue weighted by atomic mass is 16.5. The molecule has 3 rings (SSSR count). The molecule has 2 aromatic rings. The molecule has 1 aromatic heterocycles. The molecule has 1 fully saturated rings. The highest BCUT2D eigenvalue weighted by Crippen LogP contribution is 2.30. The molecule has 2 heterocycles. The fraction of sp³-hybridized carbons (Fsp3) is 0.438. The van der Waals surface area contributed by atoms with Gasteiger partial charge in [-0.15, -0.1) is 0 Å². The molecule has 0 aliphatic carbocycles. The van der Waals surface area contributed by atoms with Crippen molar-refractivity contribution in [2.24, 2.45) is 0 Å². The van der Waals surface area contributed by atoms with Gasteiger partial charge < -0.3 is 19.1 Å². The number of fused-ring (bicyclic) bond motifs is 1. The zero-order valence-electron chi connectivity index (χ0n) is 12.3. The average molecular weight is 289 g/mol. The van der Waals surface area contributed by atoms with Crippen LogP contribution in [0.15, 0.2) is 18.2 Å². The average Bonchev–Trinajstić information content (AvgIpc) is 3.06. The van der Waals surface area contributed by atoms with E-state index in [4.69, 9.17) is 9.47 Å². The maximum absolute atomic E-state index is 12.1. The predicted octanol–water partition coefficient (Wildman–Crippen LogP) is 2.62. The Kier molecular flexibility index (Phi) is 3.59. The lowest BCUT2D eigenvalue weighted by molar-refractivity contribution is 0.0600. The van der Waals surface area contributed by atoms with E-state index in [9.17, 15) is 9.90 Å². The van der Waals surface area contributed by atoms with Gasteiger partial charge in [0.2, 0.25) is 0 Å². The van der Waals surface area contributed by atoms with Crippen molar-refractivity contribution in [1.82, 2.24) is 4.57 Å². The maximum atomic E-state index is 12.1. The summed E-state index contributed by atoms with van der Waals surface area (Å²) in [7, 11) is 1.37. The van der Waals surface area contributed by atoms with Gasteiger partial charge in [0.25, 0.3) is 0 Å². The number of nitrogens with zero attached hydrogens (tertiary/aromatic N) is 1. The third-order valence-electron chi connectivity index (χ3n) is 4.11. The van der Waals surface area contributed by atoms with Crippen molar-refractivity contribution in [3.05, 3.63) is 29.5 Å². The second kappa shape index (κ2) is 5.41. The van der Waals surface area contributed by atoms with E-state index in [1.165, 1.54) is 7.11 Å². The largest absolute Gasteiger partial charge is 0.508 e. The van der Waals surface area contributed by atoms with Crippen LogP contribution >= 0.6 is 0 Å². The minimum atomic E-state index is -0.380. The lowest BCUT2D eigenvalue weighted by Crippen LogP contribution is -2.16. The van der Waals surface area contributed by atoms with Crippen LogP contribution in [0.3, 0.4) is 0 Å². The lowest BCUT2D eigenvalue weighted by Gasteiger charge is -2.14. The summed E-state index contributed by atoms with van der Waals surface area (Å²) in [5.74, 6) is -0.240. The van der Waals surface area contributed by atoms with E-state index in [1.807, 2.05) is 13.0 Å². The van der Waals surface area contributed by atoms with Gasteiger partial charge in [0, 0.05) is 29.7 Å². The number of aromatic hydroxyl groups is 1. The number of carbonyl (C=O) groups is 1. The summed E-state index contributed by atoms with van der Waals surface area (Å²) in [6.45, 7) is 3.41. The SMILES string of the molecule is COC(=O)c1c(C)n(C[C@@H]2CCCO2)c2ccc(O)cc12. The Morgan fingerprint density at radius 3 is 3.00 bits per heavy atom. The van der Waals surface area contributed by atoms with Crippen molar-refractivity contribution in [3.8, 4) is 5.75 Å². The molecule has 0 amide bonds. The Bertz CT molecular complexity index is 683. The van der Waals surface area contributed by atoms with E-state index in [0.29, 0.717) is 12.1 Å². The van der Waals surface area contributed by atoms with Crippen LogP contribution in [-0.4, -0.2) is 35.5 Å². The van der Waals surface area contributed by atoms with E-state index in [-0.39, 0.29) is 17.8 Å². The molecule has 1 aliphatic rings. The van der Waals surface area contributed by atoms with E-state index >= 15 is 0 Å². The van der Waals surface area contributed by atoms with E-state index in [1.54, 1.807) is 12.1 Å². The number of hydrogen-bond acceptors (Lipinski definition) is 4. The monoisotopic (exact) mass is 289 g/mol. The Labute approximate surface area is 123 Å². The molecular formula is C16H19NO4. The van der Waals surface area contributed by atoms with Crippen LogP contribution in [-0.2, 0) is 16.0 Å². The number of rotatable bonds is 3. The van der Waals surface area contributed by atoms with E-state index in [2.05, 4.69) is 4.57 Å². The highest BCUT2D eigenvalue weighted by molar-refractivity contribution is 6.06. The molecular weight excluding hydrogens is 270 g/mol.